The van der Waals surface area contributed by atoms with Gasteiger partial charge in [-0.15, -0.1) is 0 Å². The molecule has 25 heteroatoms. The molecule has 1 rings (SSSR count). The number of likely N-dealkylation sites (N-methyl/N-ethyl adjacent to an activating group) is 7. The van der Waals surface area contributed by atoms with Gasteiger partial charge in [-0.25, -0.2) is 0 Å². The van der Waals surface area contributed by atoms with Crippen LogP contribution in [0.3, 0.4) is 0 Å². The van der Waals surface area contributed by atoms with Crippen molar-refractivity contribution in [3.05, 3.63) is 12.2 Å². The van der Waals surface area contributed by atoms with Gasteiger partial charge < -0.3 is 71.1 Å². The van der Waals surface area contributed by atoms with E-state index in [0.717, 1.165) is 14.7 Å². The van der Waals surface area contributed by atoms with E-state index in [1.54, 1.807) is 60.6 Å². The van der Waals surface area contributed by atoms with Crippen molar-refractivity contribution in [2.24, 2.45) is 47.2 Å². The van der Waals surface area contributed by atoms with E-state index in [1.807, 2.05) is 55.4 Å². The summed E-state index contributed by atoms with van der Waals surface area (Å²) in [4.78, 5) is 171. The summed E-state index contributed by atoms with van der Waals surface area (Å²) in [6.07, 6.45) is 1.33. The minimum Gasteiger partial charge on any atom is -0.390 e. The Kier molecular flexibility index (Phi) is 34.5. The van der Waals surface area contributed by atoms with Gasteiger partial charge in [0.05, 0.1) is 12.7 Å². The number of allylic oxidation sites excluding steroid dienone is 2. The van der Waals surface area contributed by atoms with E-state index in [4.69, 9.17) is 10.5 Å². The zero-order chi connectivity index (χ0) is 69.7. The third kappa shape index (κ3) is 22.9. The highest BCUT2D eigenvalue weighted by molar-refractivity contribution is 6.00. The molecule has 25 nitrogen and oxygen atoms in total. The Bertz CT molecular complexity index is 2440. The highest BCUT2D eigenvalue weighted by atomic mass is 16.5. The number of nitrogens with two attached hydrogens (primary N) is 1. The first-order valence-electron chi connectivity index (χ1n) is 32.4. The molecule has 7 N–H and O–H groups in total. The first-order valence-corrected chi connectivity index (χ1v) is 32.4. The smallest absolute Gasteiger partial charge is 0.273 e. The maximum atomic E-state index is 15.3. The lowest BCUT2D eigenvalue weighted by Crippen LogP contribution is -2.64. The lowest BCUT2D eigenvalue weighted by molar-refractivity contribution is -0.168. The van der Waals surface area contributed by atoms with E-state index in [-0.39, 0.29) is 81.8 Å². The van der Waals surface area contributed by atoms with Crippen LogP contribution in [0, 0.1) is 41.4 Å². The Balaban J connectivity index is 4.50. The Morgan fingerprint density at radius 1 is 0.478 bits per heavy atom. The number of ether oxygens (including phenoxy) is 1. The van der Waals surface area contributed by atoms with Crippen molar-refractivity contribution in [2.75, 3.05) is 62.5 Å². The third-order valence-corrected chi connectivity index (χ3v) is 16.8. The fraction of sp³-hybridized carbons (Fsp3) is 0.800. The van der Waals surface area contributed by atoms with Crippen molar-refractivity contribution in [3.63, 3.8) is 0 Å². The van der Waals surface area contributed by atoms with Gasteiger partial charge in [-0.05, 0) is 114 Å². The van der Waals surface area contributed by atoms with E-state index in [9.17, 15) is 38.7 Å². The predicted molar refractivity (Wildman–Crippen MR) is 347 cm³/mol. The third-order valence-electron chi connectivity index (χ3n) is 16.8. The number of nitrogens with zero attached hydrogens (tertiary/aromatic N) is 7. The molecule has 0 aliphatic carbocycles. The second-order valence-corrected chi connectivity index (χ2v) is 27.2. The molecule has 1 saturated heterocycles. The quantitative estimate of drug-likeness (QED) is 0.0801. The average Bonchev–Trinajstić information content (AvgIpc) is 1.57. The molecule has 13 atom stereocenters. The predicted octanol–water partition coefficient (Wildman–Crippen LogP) is 2.96. The molecule has 1 heterocycles. The van der Waals surface area contributed by atoms with E-state index < -0.39 is 155 Å². The van der Waals surface area contributed by atoms with Crippen LogP contribution in [0.2, 0.25) is 0 Å². The van der Waals surface area contributed by atoms with Crippen molar-refractivity contribution in [3.8, 4) is 0 Å². The molecule has 0 radical (unpaired) electrons. The molecular formula is C65H118N12O13. The zero-order valence-electron chi connectivity index (χ0n) is 59.0. The summed E-state index contributed by atoms with van der Waals surface area (Å²) < 4.78 is 6.13. The second kappa shape index (κ2) is 38.0. The van der Waals surface area contributed by atoms with Crippen LogP contribution in [0.25, 0.3) is 0 Å². The topological polar surface area (TPSA) is 314 Å². The van der Waals surface area contributed by atoms with Crippen molar-refractivity contribution in [2.45, 2.75) is 235 Å². The van der Waals surface area contributed by atoms with Crippen molar-refractivity contribution >= 4 is 65.0 Å². The number of aliphatic hydroxyl groups is 1. The summed E-state index contributed by atoms with van der Waals surface area (Å²) in [6.45, 7) is 29.8. The van der Waals surface area contributed by atoms with E-state index in [1.165, 1.54) is 82.8 Å². The highest BCUT2D eigenvalue weighted by Crippen LogP contribution is 2.26. The van der Waals surface area contributed by atoms with Gasteiger partial charge in [0, 0.05) is 49.3 Å². The zero-order valence-corrected chi connectivity index (χ0v) is 59.0. The lowest BCUT2D eigenvalue weighted by Gasteiger charge is -2.41. The largest absolute Gasteiger partial charge is 0.390 e. The van der Waals surface area contributed by atoms with Gasteiger partial charge >= 0.3 is 0 Å². The number of hydrogen-bond acceptors (Lipinski definition) is 14. The molecule has 11 amide bonds. The second-order valence-electron chi connectivity index (χ2n) is 27.2. The highest BCUT2D eigenvalue weighted by Gasteiger charge is 2.46. The molecular weight excluding hydrogens is 1160 g/mol. The van der Waals surface area contributed by atoms with Crippen molar-refractivity contribution < 1.29 is 62.6 Å². The number of hydrogen-bond donors (Lipinski definition) is 6. The summed E-state index contributed by atoms with van der Waals surface area (Å²) in [7, 11) is 9.77. The van der Waals surface area contributed by atoms with Gasteiger partial charge in [0.15, 0.2) is 0 Å². The van der Waals surface area contributed by atoms with E-state index >= 15 is 19.2 Å². The minimum atomic E-state index is -1.69. The molecule has 0 aromatic heterocycles. The molecule has 1 aliphatic heterocycles. The van der Waals surface area contributed by atoms with Crippen LogP contribution in [0.15, 0.2) is 12.2 Å². The molecule has 0 unspecified atom stereocenters. The Labute approximate surface area is 538 Å². The Hall–Kier alpha value is -6.21. The summed E-state index contributed by atoms with van der Waals surface area (Å²) in [5.41, 5.74) is 5.85. The summed E-state index contributed by atoms with van der Waals surface area (Å²) in [6, 6.07) is -12.8. The van der Waals surface area contributed by atoms with Crippen molar-refractivity contribution in [1.82, 2.24) is 55.6 Å². The molecule has 90 heavy (non-hydrogen) atoms. The van der Waals surface area contributed by atoms with Gasteiger partial charge in [-0.2, -0.15) is 0 Å². The van der Waals surface area contributed by atoms with Gasteiger partial charge in [0.25, 0.3) is 5.91 Å². The molecule has 0 saturated carbocycles. The molecule has 1 aliphatic rings. The van der Waals surface area contributed by atoms with Crippen LogP contribution in [0.4, 0.5) is 0 Å². The van der Waals surface area contributed by atoms with Gasteiger partial charge in [0.1, 0.15) is 60.4 Å². The van der Waals surface area contributed by atoms with Crippen LogP contribution in [-0.2, 0) is 57.5 Å². The van der Waals surface area contributed by atoms with Gasteiger partial charge in [-0.3, -0.25) is 52.7 Å². The number of nitrogens with one attached hydrogen (secondary N) is 4. The standard InChI is InChI=1S/C65H118N12O13/c1-25-27-29-42(15)53(78)52-57(82)69-45(26-2)59(84)77(24)65(90-31-28-30-66)64(89)72(19)47(33-37(5)6)56(81)70-50(40(11)12)62(87)71(18)46(32-36(3)4)55(80)67-43(16)54(79)68-44(17)58(83)73(20)48(34-38(7)8)60(85)74(21)49(35-39(9)10)61(86)75(22)51(41(13)14)63(88)76(52)23/h25,27,36-53,65,78H,26,28-35,66H2,1-24H3,(H,67,80)(H,68,79)(H,69,82)(H,70,81)/b27-25+/t42-,43+,44-,45+,46+,47+,48+,49+,50+,51+,52+,53-,65-/m1/s1. The summed E-state index contributed by atoms with van der Waals surface area (Å²) in [5, 5.41) is 23.2. The van der Waals surface area contributed by atoms with Crippen molar-refractivity contribution in [1.29, 1.82) is 0 Å². The molecule has 1 fully saturated rings. The van der Waals surface area contributed by atoms with Crippen LogP contribution < -0.4 is 27.0 Å². The molecule has 0 bridgehead atoms. The van der Waals surface area contributed by atoms with E-state index in [2.05, 4.69) is 21.3 Å². The SMILES string of the molecule is C/C=C/C[C@@H](C)[C@@H](O)[C@H]1C(=O)N[C@@H](CC)C(=O)N(C)[C@H](OCCCN)C(=O)N(C)[C@@H](CC(C)C)C(=O)N[C@@H](C(C)C)C(=O)N(C)[C@@H](CC(C)C)C(=O)N[C@@H](C)C(=O)N[C@H](C)C(=O)N(C)[C@@H](CC(C)C)C(=O)N(C)[C@@H](CC(C)C)C(=O)N(C)[C@@H](C(C)C)C(=O)N1C. The number of amides is 11. The Morgan fingerprint density at radius 3 is 1.34 bits per heavy atom. The van der Waals surface area contributed by atoms with Crippen LogP contribution in [-0.4, -0.2) is 240 Å². The average molecular weight is 1280 g/mol. The minimum absolute atomic E-state index is 0.0510. The summed E-state index contributed by atoms with van der Waals surface area (Å²) >= 11 is 0. The Morgan fingerprint density at radius 2 is 0.900 bits per heavy atom. The van der Waals surface area contributed by atoms with Gasteiger partial charge in [-0.1, -0.05) is 109 Å². The maximum absolute atomic E-state index is 15.3. The fourth-order valence-corrected chi connectivity index (χ4v) is 11.2. The number of aliphatic hydroxyl groups excluding tert-OH is 1. The first kappa shape index (κ1) is 81.8. The maximum Gasteiger partial charge on any atom is 0.273 e. The molecule has 0 spiro atoms. The fourth-order valence-electron chi connectivity index (χ4n) is 11.2. The normalized spacial score (nSPS) is 26.9. The molecule has 0 aromatic carbocycles. The monoisotopic (exact) mass is 1270 g/mol. The number of carbonyl (C=O) groups excluding carboxylic acids is 11. The van der Waals surface area contributed by atoms with E-state index in [0.29, 0.717) is 0 Å². The van der Waals surface area contributed by atoms with Crippen LogP contribution >= 0.6 is 0 Å². The number of carbonyl (C=O) groups is 11. The van der Waals surface area contributed by atoms with Gasteiger partial charge in [0.2, 0.25) is 65.3 Å². The summed E-state index contributed by atoms with van der Waals surface area (Å²) in [5.74, 6) is -10.5. The van der Waals surface area contributed by atoms with Crippen LogP contribution in [0.5, 0.6) is 0 Å². The molecule has 516 valence electrons. The molecule has 0 aromatic rings. The van der Waals surface area contributed by atoms with Crippen LogP contribution in [0.1, 0.15) is 163 Å². The number of rotatable bonds is 19. The first-order chi connectivity index (χ1) is 41.7. The lowest BCUT2D eigenvalue weighted by atomic mass is 9.91.